The van der Waals surface area contributed by atoms with Gasteiger partial charge in [-0.05, 0) is 60.6 Å². The van der Waals surface area contributed by atoms with E-state index in [0.29, 0.717) is 25.5 Å². The molecule has 1 aromatic heterocycles. The van der Waals surface area contributed by atoms with Crippen LogP contribution in [0.5, 0.6) is 11.6 Å². The van der Waals surface area contributed by atoms with Crippen LogP contribution in [0.15, 0.2) is 97.1 Å². The number of hydrogen-bond donors (Lipinski definition) is 2. The van der Waals surface area contributed by atoms with Gasteiger partial charge in [0.15, 0.2) is 0 Å². The predicted octanol–water partition coefficient (Wildman–Crippen LogP) is 6.00. The van der Waals surface area contributed by atoms with Crippen molar-refractivity contribution < 1.29 is 19.4 Å². The number of nitrogens with two attached hydrogens (primary N) is 1. The molecule has 3 aromatic carbocycles. The summed E-state index contributed by atoms with van der Waals surface area (Å²) in [7, 11) is 0. The Labute approximate surface area is 217 Å². The van der Waals surface area contributed by atoms with Crippen molar-refractivity contribution in [3.63, 3.8) is 0 Å². The maximum Gasteiger partial charge on any atom is 0.320 e. The molecule has 4 rings (SSSR count). The lowest BCUT2D eigenvalue weighted by Gasteiger charge is -2.11. The Bertz CT molecular complexity index is 1200. The van der Waals surface area contributed by atoms with E-state index in [1.54, 1.807) is 0 Å². The third kappa shape index (κ3) is 7.92. The second-order valence-corrected chi connectivity index (χ2v) is 8.86. The number of ether oxygens (including phenoxy) is 2. The minimum atomic E-state index is -0.999. The molecule has 6 heteroatoms. The summed E-state index contributed by atoms with van der Waals surface area (Å²) in [5.41, 5.74) is 10.6. The number of carboxylic acids is 1. The Kier molecular flexibility index (Phi) is 9.27. The van der Waals surface area contributed by atoms with Gasteiger partial charge in [0.1, 0.15) is 11.8 Å². The standard InChI is InChI=1S/C31H32N2O4/c32-28(31(34)35)20-23-14-16-27(17-15-23)36-18-8-3-9-19-37-30-22-26(24-10-4-1-5-11-24)21-29(33-30)25-12-6-2-7-13-25/h1-2,4-7,10-17,21-22,28H,3,8-9,18-20,32H2,(H,34,35). The van der Waals surface area contributed by atoms with Crippen LogP contribution < -0.4 is 15.2 Å². The van der Waals surface area contributed by atoms with Gasteiger partial charge in [0, 0.05) is 11.6 Å². The highest BCUT2D eigenvalue weighted by Gasteiger charge is 2.12. The third-order valence-corrected chi connectivity index (χ3v) is 5.98. The van der Waals surface area contributed by atoms with Crippen LogP contribution in [0.25, 0.3) is 22.4 Å². The van der Waals surface area contributed by atoms with Gasteiger partial charge in [0.2, 0.25) is 5.88 Å². The lowest BCUT2D eigenvalue weighted by atomic mass is 10.0. The summed E-state index contributed by atoms with van der Waals surface area (Å²) in [5, 5.41) is 8.92. The van der Waals surface area contributed by atoms with Crippen molar-refractivity contribution in [2.75, 3.05) is 13.2 Å². The smallest absolute Gasteiger partial charge is 0.320 e. The van der Waals surface area contributed by atoms with E-state index in [1.165, 1.54) is 0 Å². The van der Waals surface area contributed by atoms with Crippen LogP contribution in [0.3, 0.4) is 0 Å². The van der Waals surface area contributed by atoms with E-state index in [4.69, 9.17) is 25.3 Å². The summed E-state index contributed by atoms with van der Waals surface area (Å²) < 4.78 is 11.9. The van der Waals surface area contributed by atoms with Crippen molar-refractivity contribution in [3.05, 3.63) is 103 Å². The molecule has 0 spiro atoms. The number of aliphatic carboxylic acids is 1. The number of carboxylic acid groups (broad SMARTS) is 1. The lowest BCUT2D eigenvalue weighted by Crippen LogP contribution is -2.32. The Hall–Kier alpha value is -4.16. The van der Waals surface area contributed by atoms with Crippen LogP contribution in [-0.4, -0.2) is 35.3 Å². The van der Waals surface area contributed by atoms with Crippen molar-refractivity contribution in [3.8, 4) is 34.0 Å². The topological polar surface area (TPSA) is 94.7 Å². The fourth-order valence-electron chi connectivity index (χ4n) is 3.94. The average molecular weight is 497 g/mol. The molecule has 1 unspecified atom stereocenters. The normalized spacial score (nSPS) is 11.6. The zero-order chi connectivity index (χ0) is 25.9. The van der Waals surface area contributed by atoms with Crippen LogP contribution in [0.1, 0.15) is 24.8 Å². The molecular formula is C31H32N2O4. The van der Waals surface area contributed by atoms with Gasteiger partial charge in [-0.2, -0.15) is 0 Å². The second-order valence-electron chi connectivity index (χ2n) is 8.86. The Morgan fingerprint density at radius 1 is 0.757 bits per heavy atom. The van der Waals surface area contributed by atoms with E-state index in [9.17, 15) is 4.79 Å². The molecule has 0 aliphatic carbocycles. The maximum atomic E-state index is 10.9. The van der Waals surface area contributed by atoms with Crippen LogP contribution in [-0.2, 0) is 11.2 Å². The Morgan fingerprint density at radius 2 is 1.38 bits per heavy atom. The van der Waals surface area contributed by atoms with Crippen LogP contribution >= 0.6 is 0 Å². The largest absolute Gasteiger partial charge is 0.494 e. The molecule has 0 amide bonds. The van der Waals surface area contributed by atoms with Gasteiger partial charge in [-0.25, -0.2) is 4.98 Å². The van der Waals surface area contributed by atoms with Crippen molar-refractivity contribution >= 4 is 5.97 Å². The fraction of sp³-hybridized carbons (Fsp3) is 0.226. The summed E-state index contributed by atoms with van der Waals surface area (Å²) in [6.45, 7) is 1.19. The number of rotatable bonds is 13. The molecule has 1 heterocycles. The van der Waals surface area contributed by atoms with Crippen molar-refractivity contribution in [1.82, 2.24) is 4.98 Å². The van der Waals surface area contributed by atoms with E-state index < -0.39 is 12.0 Å². The second kappa shape index (κ2) is 13.2. The zero-order valence-corrected chi connectivity index (χ0v) is 20.8. The van der Waals surface area contributed by atoms with Crippen LogP contribution in [0, 0.1) is 0 Å². The van der Waals surface area contributed by atoms with Crippen LogP contribution in [0.4, 0.5) is 0 Å². The van der Waals surface area contributed by atoms with Gasteiger partial charge < -0.3 is 20.3 Å². The molecule has 190 valence electrons. The van der Waals surface area contributed by atoms with E-state index in [2.05, 4.69) is 30.3 Å². The number of benzene rings is 3. The molecule has 0 aliphatic heterocycles. The molecule has 3 N–H and O–H groups in total. The molecule has 0 radical (unpaired) electrons. The van der Waals surface area contributed by atoms with Crippen molar-refractivity contribution in [1.29, 1.82) is 0 Å². The minimum Gasteiger partial charge on any atom is -0.494 e. The van der Waals surface area contributed by atoms with E-state index in [0.717, 1.165) is 53.0 Å². The molecule has 0 aliphatic rings. The van der Waals surface area contributed by atoms with Gasteiger partial charge in [-0.3, -0.25) is 4.79 Å². The SMILES string of the molecule is NC(Cc1ccc(OCCCCCOc2cc(-c3ccccc3)cc(-c3ccccc3)n2)cc1)C(=O)O. The van der Waals surface area contributed by atoms with E-state index in [1.807, 2.05) is 66.7 Å². The summed E-state index contributed by atoms with van der Waals surface area (Å²) in [6, 6.07) is 31.0. The summed E-state index contributed by atoms with van der Waals surface area (Å²) in [5.74, 6) is 0.388. The van der Waals surface area contributed by atoms with E-state index in [-0.39, 0.29) is 0 Å². The molecule has 0 saturated carbocycles. The molecule has 0 fully saturated rings. The predicted molar refractivity (Wildman–Crippen MR) is 146 cm³/mol. The van der Waals surface area contributed by atoms with Gasteiger partial charge in [0.25, 0.3) is 0 Å². The summed E-state index contributed by atoms with van der Waals surface area (Å²) in [4.78, 5) is 15.6. The highest BCUT2D eigenvalue weighted by molar-refractivity contribution is 5.73. The number of nitrogens with zero attached hydrogens (tertiary/aromatic N) is 1. The Balaban J connectivity index is 1.24. The average Bonchev–Trinajstić information content (AvgIpc) is 2.94. The summed E-state index contributed by atoms with van der Waals surface area (Å²) >= 11 is 0. The van der Waals surface area contributed by atoms with Crippen LogP contribution in [0.2, 0.25) is 0 Å². The monoisotopic (exact) mass is 496 g/mol. The van der Waals surface area contributed by atoms with Crippen molar-refractivity contribution in [2.45, 2.75) is 31.7 Å². The minimum absolute atomic E-state index is 0.297. The van der Waals surface area contributed by atoms with Gasteiger partial charge >= 0.3 is 5.97 Å². The van der Waals surface area contributed by atoms with Gasteiger partial charge in [-0.1, -0.05) is 72.8 Å². The van der Waals surface area contributed by atoms with Gasteiger partial charge in [0.05, 0.1) is 18.9 Å². The third-order valence-electron chi connectivity index (χ3n) is 5.98. The molecule has 37 heavy (non-hydrogen) atoms. The Morgan fingerprint density at radius 3 is 2.03 bits per heavy atom. The highest BCUT2D eigenvalue weighted by Crippen LogP contribution is 2.28. The molecule has 6 nitrogen and oxygen atoms in total. The molecular weight excluding hydrogens is 464 g/mol. The van der Waals surface area contributed by atoms with E-state index >= 15 is 0 Å². The number of aromatic nitrogens is 1. The first-order valence-corrected chi connectivity index (χ1v) is 12.5. The lowest BCUT2D eigenvalue weighted by molar-refractivity contribution is -0.138. The van der Waals surface area contributed by atoms with Gasteiger partial charge in [-0.15, -0.1) is 0 Å². The first kappa shape index (κ1) is 25.9. The fourth-order valence-corrected chi connectivity index (χ4v) is 3.94. The quantitative estimate of drug-likeness (QED) is 0.221. The molecule has 4 aromatic rings. The number of hydrogen-bond acceptors (Lipinski definition) is 5. The molecule has 0 saturated heterocycles. The zero-order valence-electron chi connectivity index (χ0n) is 20.8. The number of pyridine rings is 1. The maximum absolute atomic E-state index is 10.9. The summed E-state index contributed by atoms with van der Waals surface area (Å²) in [6.07, 6.45) is 3.07. The van der Waals surface area contributed by atoms with Crippen molar-refractivity contribution in [2.24, 2.45) is 5.73 Å². The highest BCUT2D eigenvalue weighted by atomic mass is 16.5. The number of unbranched alkanes of at least 4 members (excludes halogenated alkanes) is 2. The first-order chi connectivity index (χ1) is 18.1. The number of carbonyl (C=O) groups is 1. The molecule has 1 atom stereocenters. The first-order valence-electron chi connectivity index (χ1n) is 12.5. The molecule has 0 bridgehead atoms.